The maximum Gasteiger partial charge on any atom is 0.471 e. The second-order valence-corrected chi connectivity index (χ2v) is 19.6. The lowest BCUT2D eigenvalue weighted by atomic mass is 10.1. The lowest BCUT2D eigenvalue weighted by Gasteiger charge is -2.33. The maximum absolute atomic E-state index is 13.3. The molecule has 0 aliphatic carbocycles. The number of amides is 5. The number of carbonyl (C=O) groups excluding carboxylic acids is 5. The van der Waals surface area contributed by atoms with Gasteiger partial charge in [-0.1, -0.05) is 48.5 Å². The van der Waals surface area contributed by atoms with Crippen molar-refractivity contribution in [2.45, 2.75) is 19.3 Å². The molecule has 2 aliphatic heterocycles. The van der Waals surface area contributed by atoms with Gasteiger partial charge in [0, 0.05) is 48.7 Å². The monoisotopic (exact) mass is 958 g/mol. The predicted molar refractivity (Wildman–Crippen MR) is 239 cm³/mol. The molecule has 2 aliphatic rings. The number of ketones is 2. The number of nitrogens with two attached hydrogens (primary N) is 1. The third kappa shape index (κ3) is 14.0. The summed E-state index contributed by atoms with van der Waals surface area (Å²) in [4.78, 5) is 67.4. The highest BCUT2D eigenvalue weighted by molar-refractivity contribution is 7.91. The van der Waals surface area contributed by atoms with Crippen LogP contribution in [-0.2, 0) is 37.6 Å². The average molecular weight is 959 g/mol. The van der Waals surface area contributed by atoms with Crippen LogP contribution in [0.15, 0.2) is 97.1 Å². The molecule has 6 rings (SSSR count). The molecule has 354 valence electrons. The SMILES string of the molecule is COc1ccc(N(Cc2ccc(C(=O)CN)cc2)C(=O)N2CCS(=O)(=O)CC2)cc1.COc1ccc(N(Cc2ccc(C(=O)CNC(=O)C(F)(F)F)cc2)C(=O)N2CCS(=O)(=O)CC2)cc1. The van der Waals surface area contributed by atoms with Crippen molar-refractivity contribution >= 4 is 60.6 Å². The Bertz CT molecular complexity index is 2550. The molecule has 3 N–H and O–H groups in total. The van der Waals surface area contributed by atoms with E-state index in [1.807, 2.05) is 0 Å². The van der Waals surface area contributed by atoms with Crippen LogP contribution in [0.4, 0.5) is 34.1 Å². The van der Waals surface area contributed by atoms with E-state index >= 15 is 0 Å². The van der Waals surface area contributed by atoms with Gasteiger partial charge in [0.05, 0.1) is 63.4 Å². The molecule has 4 aromatic rings. The molecule has 0 bridgehead atoms. The second kappa shape index (κ2) is 22.1. The molecular weight excluding hydrogens is 910 g/mol. The summed E-state index contributed by atoms with van der Waals surface area (Å²) >= 11 is 0. The van der Waals surface area contributed by atoms with Crippen LogP contribution in [0.3, 0.4) is 0 Å². The van der Waals surface area contributed by atoms with Crippen LogP contribution >= 0.6 is 0 Å². The van der Waals surface area contributed by atoms with Crippen molar-refractivity contribution in [2.75, 3.05) is 86.3 Å². The molecule has 66 heavy (non-hydrogen) atoms. The van der Waals surface area contributed by atoms with Gasteiger partial charge >= 0.3 is 24.1 Å². The molecule has 0 saturated carbocycles. The Labute approximate surface area is 380 Å². The molecule has 4 aromatic carbocycles. The van der Waals surface area contributed by atoms with Crippen LogP contribution in [0, 0.1) is 0 Å². The summed E-state index contributed by atoms with van der Waals surface area (Å²) in [6.45, 7) is -0.0791. The number of alkyl halides is 3. The third-order valence-electron chi connectivity index (χ3n) is 10.5. The number of nitrogens with one attached hydrogen (secondary N) is 1. The molecule has 2 saturated heterocycles. The fourth-order valence-corrected chi connectivity index (χ4v) is 9.05. The highest BCUT2D eigenvalue weighted by Crippen LogP contribution is 2.26. The van der Waals surface area contributed by atoms with E-state index in [2.05, 4.69) is 0 Å². The molecular formula is C44H49F3N6O11S2. The second-order valence-electron chi connectivity index (χ2n) is 15.0. The number of benzene rings is 4. The van der Waals surface area contributed by atoms with Crippen LogP contribution in [0.25, 0.3) is 0 Å². The minimum absolute atomic E-state index is 0.0366. The van der Waals surface area contributed by atoms with Gasteiger partial charge in [0.25, 0.3) is 0 Å². The summed E-state index contributed by atoms with van der Waals surface area (Å²) in [7, 11) is -3.21. The Hall–Kier alpha value is -6.52. The molecule has 0 radical (unpaired) electrons. The van der Waals surface area contributed by atoms with Crippen LogP contribution in [0.5, 0.6) is 11.5 Å². The van der Waals surface area contributed by atoms with Crippen molar-refractivity contribution in [2.24, 2.45) is 5.73 Å². The lowest BCUT2D eigenvalue weighted by molar-refractivity contribution is -0.173. The number of anilines is 2. The Morgan fingerprint density at radius 2 is 0.939 bits per heavy atom. The van der Waals surface area contributed by atoms with Gasteiger partial charge < -0.3 is 30.3 Å². The number of hydrogen-bond acceptors (Lipinski definition) is 12. The van der Waals surface area contributed by atoms with Gasteiger partial charge in [-0.05, 0) is 59.7 Å². The first-order valence-electron chi connectivity index (χ1n) is 20.3. The van der Waals surface area contributed by atoms with Gasteiger partial charge in [-0.2, -0.15) is 13.2 Å². The Morgan fingerprint density at radius 3 is 1.26 bits per heavy atom. The van der Waals surface area contributed by atoms with E-state index in [9.17, 15) is 54.0 Å². The summed E-state index contributed by atoms with van der Waals surface area (Å²) in [5, 5.41) is 1.53. The molecule has 22 heteroatoms. The van der Waals surface area contributed by atoms with Gasteiger partial charge in [-0.3, -0.25) is 24.2 Å². The largest absolute Gasteiger partial charge is 0.497 e. The Kier molecular flexibility index (Phi) is 16.9. The molecule has 0 aromatic heterocycles. The summed E-state index contributed by atoms with van der Waals surface area (Å²) in [5.41, 5.74) is 8.65. The first-order valence-corrected chi connectivity index (χ1v) is 24.0. The van der Waals surface area contributed by atoms with Crippen LogP contribution in [0.2, 0.25) is 0 Å². The van der Waals surface area contributed by atoms with Gasteiger partial charge in [0.1, 0.15) is 11.5 Å². The number of sulfone groups is 2. The van der Waals surface area contributed by atoms with E-state index in [0.29, 0.717) is 34.0 Å². The summed E-state index contributed by atoms with van der Waals surface area (Å²) in [6.07, 6.45) is -5.08. The smallest absolute Gasteiger partial charge is 0.471 e. The van der Waals surface area contributed by atoms with Gasteiger partial charge in [-0.15, -0.1) is 0 Å². The standard InChI is InChI=1S/C23H24F3N3O6S.C21H25N3O5S/c1-35-19-8-6-18(7-9-19)29(22(32)28-10-12-36(33,34)13-11-28)15-16-2-4-17(5-3-16)20(30)14-27-21(31)23(24,25)26;1-29-19-8-6-18(7-9-19)24(21(26)23-10-12-30(27,28)13-11-23)15-16-2-4-17(5-3-16)20(25)14-22/h2-9H,10-15H2,1H3,(H,27,31);2-9H,10-15,22H2,1H3. The zero-order valence-electron chi connectivity index (χ0n) is 36.0. The Balaban J connectivity index is 0.000000251. The fraction of sp³-hybridized carbons (Fsp3) is 0.341. The van der Waals surface area contributed by atoms with Crippen molar-refractivity contribution in [3.05, 3.63) is 119 Å². The van der Waals surface area contributed by atoms with E-state index in [-0.39, 0.29) is 86.2 Å². The van der Waals surface area contributed by atoms with Gasteiger partial charge in [0.2, 0.25) is 0 Å². The zero-order valence-corrected chi connectivity index (χ0v) is 37.7. The first-order chi connectivity index (χ1) is 31.2. The maximum atomic E-state index is 13.3. The van der Waals surface area contributed by atoms with Crippen molar-refractivity contribution < 1.29 is 63.5 Å². The van der Waals surface area contributed by atoms with Crippen molar-refractivity contribution in [1.29, 1.82) is 0 Å². The molecule has 0 spiro atoms. The molecule has 0 unspecified atom stereocenters. The summed E-state index contributed by atoms with van der Waals surface area (Å²) in [6, 6.07) is 26.0. The summed E-state index contributed by atoms with van der Waals surface area (Å²) < 4.78 is 94.2. The van der Waals surface area contributed by atoms with Crippen LogP contribution < -0.4 is 30.3 Å². The molecule has 2 heterocycles. The minimum Gasteiger partial charge on any atom is -0.497 e. The lowest BCUT2D eigenvalue weighted by Crippen LogP contribution is -2.49. The normalized spacial score (nSPS) is 15.3. The van der Waals surface area contributed by atoms with E-state index in [1.165, 1.54) is 34.4 Å². The van der Waals surface area contributed by atoms with E-state index in [0.717, 1.165) is 5.56 Å². The number of urea groups is 2. The quantitative estimate of drug-likeness (QED) is 0.181. The molecule has 0 atom stereocenters. The van der Waals surface area contributed by atoms with E-state index in [4.69, 9.17) is 15.2 Å². The molecule has 5 amide bonds. The number of hydrogen-bond donors (Lipinski definition) is 2. The number of ether oxygens (including phenoxy) is 2. The predicted octanol–water partition coefficient (Wildman–Crippen LogP) is 4.11. The first kappa shape index (κ1) is 50.5. The number of Topliss-reactive ketones (excluding diaryl/α,β-unsaturated/α-hetero) is 2. The van der Waals surface area contributed by atoms with Crippen molar-refractivity contribution in [3.8, 4) is 11.5 Å². The number of nitrogens with zero attached hydrogens (tertiary/aromatic N) is 4. The summed E-state index contributed by atoms with van der Waals surface area (Å²) in [5.74, 6) is -2.15. The zero-order chi connectivity index (χ0) is 48.2. The number of rotatable bonds is 13. The van der Waals surface area contributed by atoms with Crippen molar-refractivity contribution in [1.82, 2.24) is 15.1 Å². The number of halogens is 3. The Morgan fingerprint density at radius 1 is 0.591 bits per heavy atom. The number of methoxy groups -OCH3 is 2. The molecule has 17 nitrogen and oxygen atoms in total. The number of carbonyl (C=O) groups is 5. The third-order valence-corrected chi connectivity index (χ3v) is 13.8. The topological polar surface area (TPSA) is 223 Å². The van der Waals surface area contributed by atoms with E-state index in [1.54, 1.807) is 102 Å². The van der Waals surface area contributed by atoms with Crippen LogP contribution in [-0.4, -0.2) is 139 Å². The van der Waals surface area contributed by atoms with Gasteiger partial charge in [-0.25, -0.2) is 26.4 Å². The minimum atomic E-state index is -5.08. The average Bonchev–Trinajstić information content (AvgIpc) is 3.31. The highest BCUT2D eigenvalue weighted by Gasteiger charge is 2.38. The van der Waals surface area contributed by atoms with Crippen molar-refractivity contribution in [3.63, 3.8) is 0 Å². The highest BCUT2D eigenvalue weighted by atomic mass is 32.2. The molecule has 2 fully saturated rings. The van der Waals surface area contributed by atoms with Crippen LogP contribution in [0.1, 0.15) is 31.8 Å². The van der Waals surface area contributed by atoms with E-state index < -0.39 is 50.1 Å². The fourth-order valence-electron chi connectivity index (χ4n) is 6.65. The van der Waals surface area contributed by atoms with Gasteiger partial charge in [0.15, 0.2) is 31.2 Å².